The lowest BCUT2D eigenvalue weighted by atomic mass is 10.0. The number of aromatic nitrogens is 3. The van der Waals surface area contributed by atoms with E-state index in [-0.39, 0.29) is 5.91 Å². The van der Waals surface area contributed by atoms with Crippen molar-refractivity contribution in [1.29, 1.82) is 0 Å². The Morgan fingerprint density at radius 1 is 1.04 bits per heavy atom. The summed E-state index contributed by atoms with van der Waals surface area (Å²) in [5, 5.41) is 5.32. The van der Waals surface area contributed by atoms with Crippen molar-refractivity contribution in [1.82, 2.24) is 19.7 Å². The van der Waals surface area contributed by atoms with E-state index in [1.807, 2.05) is 59.4 Å². The lowest BCUT2D eigenvalue weighted by molar-refractivity contribution is 0.0829. The summed E-state index contributed by atoms with van der Waals surface area (Å²) in [7, 11) is 3.52. The zero-order valence-electron chi connectivity index (χ0n) is 15.3. The molecule has 0 bridgehead atoms. The van der Waals surface area contributed by atoms with E-state index < -0.39 is 0 Å². The van der Waals surface area contributed by atoms with Gasteiger partial charge in [0.05, 0.1) is 29.5 Å². The number of hydrogen-bond donors (Lipinski definition) is 0. The number of pyridine rings is 1. The van der Waals surface area contributed by atoms with Crippen molar-refractivity contribution in [3.63, 3.8) is 0 Å². The minimum Gasteiger partial charge on any atom is -0.345 e. The number of para-hydroxylation sites is 1. The lowest BCUT2D eigenvalue weighted by Crippen LogP contribution is -2.22. The van der Waals surface area contributed by atoms with Gasteiger partial charge in [0.15, 0.2) is 0 Å². The smallest absolute Gasteiger partial charge is 0.254 e. The number of carbonyl (C=O) groups excluding carboxylic acids is 1. The van der Waals surface area contributed by atoms with Crippen molar-refractivity contribution in [2.75, 3.05) is 14.1 Å². The third kappa shape index (κ3) is 3.44. The zero-order valence-corrected chi connectivity index (χ0v) is 15.3. The molecule has 0 N–H and O–H groups in total. The number of benzene rings is 2. The fraction of sp³-hybridized carbons (Fsp3) is 0.136. The predicted octanol–water partition coefficient (Wildman–Crippen LogP) is 3.85. The average molecular weight is 356 g/mol. The van der Waals surface area contributed by atoms with E-state index in [1.54, 1.807) is 25.2 Å². The van der Waals surface area contributed by atoms with E-state index in [9.17, 15) is 4.79 Å². The number of carbonyl (C=O) groups is 1. The van der Waals surface area contributed by atoms with Crippen LogP contribution in [0.4, 0.5) is 0 Å². The molecule has 0 atom stereocenters. The second-order valence-corrected chi connectivity index (χ2v) is 6.68. The van der Waals surface area contributed by atoms with Crippen molar-refractivity contribution in [2.45, 2.75) is 6.54 Å². The molecular formula is C22H20N4O. The van der Waals surface area contributed by atoms with E-state index in [4.69, 9.17) is 4.98 Å². The van der Waals surface area contributed by atoms with E-state index in [2.05, 4.69) is 17.2 Å². The Bertz CT molecular complexity index is 1100. The molecule has 27 heavy (non-hydrogen) atoms. The Morgan fingerprint density at radius 3 is 2.56 bits per heavy atom. The quantitative estimate of drug-likeness (QED) is 0.558. The fourth-order valence-corrected chi connectivity index (χ4v) is 3.09. The molecule has 0 aliphatic heterocycles. The first-order valence-electron chi connectivity index (χ1n) is 8.80. The first-order valence-corrected chi connectivity index (χ1v) is 8.80. The minimum absolute atomic E-state index is 0.0356. The molecule has 0 aliphatic rings. The summed E-state index contributed by atoms with van der Waals surface area (Å²) >= 11 is 0. The van der Waals surface area contributed by atoms with Crippen molar-refractivity contribution in [3.8, 4) is 11.3 Å². The molecule has 0 unspecified atom stereocenters. The summed E-state index contributed by atoms with van der Waals surface area (Å²) in [6, 6.07) is 19.8. The monoisotopic (exact) mass is 356 g/mol. The van der Waals surface area contributed by atoms with Gasteiger partial charge in [-0.1, -0.05) is 48.5 Å². The van der Waals surface area contributed by atoms with Gasteiger partial charge in [-0.15, -0.1) is 0 Å². The maximum atomic E-state index is 12.7. The molecule has 4 aromatic rings. The maximum Gasteiger partial charge on any atom is 0.254 e. The van der Waals surface area contributed by atoms with Crippen LogP contribution in [0.3, 0.4) is 0 Å². The van der Waals surface area contributed by atoms with Crippen molar-refractivity contribution < 1.29 is 4.79 Å². The lowest BCUT2D eigenvalue weighted by Gasteiger charge is -2.13. The van der Waals surface area contributed by atoms with Crippen LogP contribution in [0.1, 0.15) is 15.9 Å². The SMILES string of the molecule is CN(C)C(=O)c1cc(-c2cnn(Cc3ccccc3)c2)nc2ccccc12. The van der Waals surface area contributed by atoms with Crippen LogP contribution in [-0.2, 0) is 6.54 Å². The zero-order chi connectivity index (χ0) is 18.8. The number of hydrogen-bond acceptors (Lipinski definition) is 3. The van der Waals surface area contributed by atoms with Gasteiger partial charge in [0.25, 0.3) is 5.91 Å². The van der Waals surface area contributed by atoms with Crippen LogP contribution in [-0.4, -0.2) is 39.7 Å². The van der Waals surface area contributed by atoms with E-state index >= 15 is 0 Å². The van der Waals surface area contributed by atoms with Crippen LogP contribution in [0.15, 0.2) is 73.1 Å². The van der Waals surface area contributed by atoms with Gasteiger partial charge in [0.1, 0.15) is 0 Å². The van der Waals surface area contributed by atoms with Gasteiger partial charge in [-0.3, -0.25) is 9.48 Å². The van der Waals surface area contributed by atoms with Crippen LogP contribution in [0.2, 0.25) is 0 Å². The molecule has 0 fully saturated rings. The largest absolute Gasteiger partial charge is 0.345 e. The summed E-state index contributed by atoms with van der Waals surface area (Å²) in [5.41, 5.74) is 4.28. The van der Waals surface area contributed by atoms with Gasteiger partial charge in [-0.2, -0.15) is 5.10 Å². The van der Waals surface area contributed by atoms with Crippen LogP contribution < -0.4 is 0 Å². The molecule has 2 heterocycles. The molecule has 1 amide bonds. The summed E-state index contributed by atoms with van der Waals surface area (Å²) in [6.07, 6.45) is 3.76. The standard InChI is InChI=1S/C22H20N4O/c1-25(2)22(27)19-12-21(24-20-11-7-6-10-18(19)20)17-13-23-26(15-17)14-16-8-4-3-5-9-16/h3-13,15H,14H2,1-2H3. The molecule has 5 heteroatoms. The highest BCUT2D eigenvalue weighted by Crippen LogP contribution is 2.25. The Balaban J connectivity index is 1.75. The average Bonchev–Trinajstić information content (AvgIpc) is 3.15. The molecule has 0 aliphatic carbocycles. The van der Waals surface area contributed by atoms with Crippen LogP contribution in [0, 0.1) is 0 Å². The van der Waals surface area contributed by atoms with Crippen LogP contribution >= 0.6 is 0 Å². The molecule has 2 aromatic heterocycles. The number of nitrogens with zero attached hydrogens (tertiary/aromatic N) is 4. The molecule has 0 radical (unpaired) electrons. The molecule has 5 nitrogen and oxygen atoms in total. The van der Waals surface area contributed by atoms with E-state index in [1.165, 1.54) is 5.56 Å². The molecule has 134 valence electrons. The second kappa shape index (κ2) is 7.03. The third-order valence-electron chi connectivity index (χ3n) is 4.47. The minimum atomic E-state index is -0.0356. The normalized spacial score (nSPS) is 10.9. The van der Waals surface area contributed by atoms with Gasteiger partial charge in [-0.25, -0.2) is 4.98 Å². The maximum absolute atomic E-state index is 12.7. The van der Waals surface area contributed by atoms with E-state index in [0.717, 1.165) is 22.2 Å². The first-order chi connectivity index (χ1) is 13.1. The summed E-state index contributed by atoms with van der Waals surface area (Å²) in [4.78, 5) is 19.0. The van der Waals surface area contributed by atoms with Crippen molar-refractivity contribution >= 4 is 16.8 Å². The Labute approximate surface area is 157 Å². The van der Waals surface area contributed by atoms with Gasteiger partial charge >= 0.3 is 0 Å². The van der Waals surface area contributed by atoms with Crippen LogP contribution in [0.5, 0.6) is 0 Å². The Hall–Kier alpha value is -3.47. The van der Waals surface area contributed by atoms with Crippen molar-refractivity contribution in [3.05, 3.63) is 84.2 Å². The summed E-state index contributed by atoms with van der Waals surface area (Å²) in [5.74, 6) is -0.0356. The molecule has 2 aromatic carbocycles. The molecular weight excluding hydrogens is 336 g/mol. The molecule has 4 rings (SSSR count). The van der Waals surface area contributed by atoms with E-state index in [0.29, 0.717) is 12.1 Å². The molecule has 0 saturated carbocycles. The first kappa shape index (κ1) is 17.0. The predicted molar refractivity (Wildman–Crippen MR) is 107 cm³/mol. The van der Waals surface area contributed by atoms with Crippen LogP contribution in [0.25, 0.3) is 22.2 Å². The highest BCUT2D eigenvalue weighted by molar-refractivity contribution is 6.07. The summed E-state index contributed by atoms with van der Waals surface area (Å²) < 4.78 is 1.88. The highest BCUT2D eigenvalue weighted by atomic mass is 16.2. The summed E-state index contributed by atoms with van der Waals surface area (Å²) in [6.45, 7) is 0.692. The Kier molecular flexibility index (Phi) is 4.42. The topological polar surface area (TPSA) is 51.0 Å². The number of amides is 1. The second-order valence-electron chi connectivity index (χ2n) is 6.68. The highest BCUT2D eigenvalue weighted by Gasteiger charge is 2.16. The molecule has 0 saturated heterocycles. The number of fused-ring (bicyclic) bond motifs is 1. The molecule has 0 spiro atoms. The van der Waals surface area contributed by atoms with Gasteiger partial charge in [0, 0.05) is 31.2 Å². The number of rotatable bonds is 4. The third-order valence-corrected chi connectivity index (χ3v) is 4.47. The Morgan fingerprint density at radius 2 is 1.78 bits per heavy atom. The van der Waals surface area contributed by atoms with Gasteiger partial charge in [0.2, 0.25) is 0 Å². The fourth-order valence-electron chi connectivity index (χ4n) is 3.09. The van der Waals surface area contributed by atoms with Gasteiger partial charge < -0.3 is 4.90 Å². The van der Waals surface area contributed by atoms with Gasteiger partial charge in [-0.05, 0) is 17.7 Å². The van der Waals surface area contributed by atoms with Crippen molar-refractivity contribution in [2.24, 2.45) is 0 Å².